The van der Waals surface area contributed by atoms with Gasteiger partial charge in [-0.15, -0.1) is 0 Å². The van der Waals surface area contributed by atoms with Gasteiger partial charge in [-0.05, 0) is 18.6 Å². The molecule has 24 heavy (non-hydrogen) atoms. The number of rotatable bonds is 8. The molecule has 0 aliphatic heterocycles. The van der Waals surface area contributed by atoms with E-state index in [1.807, 2.05) is 0 Å². The van der Waals surface area contributed by atoms with Crippen molar-refractivity contribution >= 4 is 37.5 Å². The molecule has 1 aromatic carbocycles. The van der Waals surface area contributed by atoms with Crippen LogP contribution in [0.2, 0.25) is 5.02 Å². The summed E-state index contributed by atoms with van der Waals surface area (Å²) >= 11 is 6.04. The van der Waals surface area contributed by atoms with Crippen LogP contribution in [0.4, 0.5) is 5.69 Å². The molecule has 0 saturated heterocycles. The number of hydrogen-bond acceptors (Lipinski definition) is 5. The molecular weight excluding hydrogens is 378 g/mol. The number of anilines is 1. The van der Waals surface area contributed by atoms with Crippen LogP contribution in [0.5, 0.6) is 5.75 Å². The van der Waals surface area contributed by atoms with E-state index in [2.05, 4.69) is 4.72 Å². The number of halogens is 1. The summed E-state index contributed by atoms with van der Waals surface area (Å²) in [5.41, 5.74) is 0.973. The Hall–Kier alpha value is -1.07. The van der Waals surface area contributed by atoms with Crippen LogP contribution in [0, 0.1) is 6.92 Å². The number of benzene rings is 1. The Balaban J connectivity index is 3.15. The first-order valence-corrected chi connectivity index (χ1v) is 10.6. The Morgan fingerprint density at radius 1 is 1.21 bits per heavy atom. The van der Waals surface area contributed by atoms with E-state index in [1.54, 1.807) is 13.0 Å². The Morgan fingerprint density at radius 3 is 2.25 bits per heavy atom. The fourth-order valence-corrected chi connectivity index (χ4v) is 3.56. The zero-order valence-corrected chi connectivity index (χ0v) is 16.6. The highest BCUT2D eigenvalue weighted by Gasteiger charge is 2.23. The maximum atomic E-state index is 12.1. The Morgan fingerprint density at radius 2 is 1.79 bits per heavy atom. The van der Waals surface area contributed by atoms with Crippen molar-refractivity contribution in [1.29, 1.82) is 0 Å². The number of sulfonamides is 1. The predicted molar refractivity (Wildman–Crippen MR) is 95.5 cm³/mol. The smallest absolute Gasteiger partial charge is 0.278 e. The standard InChI is InChI=1S/C13H22ClN3O5S2/c1-10-8-12(13(22-4)9-11(10)14)17(23(5,18)19)7-6-15-24(20,21)16(2)3/h8-9,15H,6-7H2,1-5H3. The van der Waals surface area contributed by atoms with E-state index in [-0.39, 0.29) is 18.8 Å². The number of methoxy groups -OCH3 is 1. The maximum Gasteiger partial charge on any atom is 0.278 e. The van der Waals surface area contributed by atoms with Gasteiger partial charge in [0.1, 0.15) is 5.75 Å². The lowest BCUT2D eigenvalue weighted by atomic mass is 10.2. The average Bonchev–Trinajstić information content (AvgIpc) is 2.44. The van der Waals surface area contributed by atoms with Gasteiger partial charge in [0.2, 0.25) is 10.0 Å². The third-order valence-electron chi connectivity index (χ3n) is 3.21. The third-order valence-corrected chi connectivity index (χ3v) is 6.33. The lowest BCUT2D eigenvalue weighted by molar-refractivity contribution is 0.415. The number of ether oxygens (including phenoxy) is 1. The van der Waals surface area contributed by atoms with E-state index in [9.17, 15) is 16.8 Å². The van der Waals surface area contributed by atoms with Crippen molar-refractivity contribution in [2.75, 3.05) is 44.9 Å². The van der Waals surface area contributed by atoms with E-state index < -0.39 is 20.2 Å². The highest BCUT2D eigenvalue weighted by atomic mass is 35.5. The summed E-state index contributed by atoms with van der Waals surface area (Å²) in [5.74, 6) is 0.284. The van der Waals surface area contributed by atoms with E-state index in [0.717, 1.165) is 14.9 Å². The third kappa shape index (κ3) is 5.21. The second kappa shape index (κ2) is 7.87. The number of hydrogen-bond donors (Lipinski definition) is 1. The summed E-state index contributed by atoms with van der Waals surface area (Å²) in [6.45, 7) is 1.54. The topological polar surface area (TPSA) is 96.0 Å². The molecule has 11 heteroatoms. The van der Waals surface area contributed by atoms with Gasteiger partial charge in [0.05, 0.1) is 19.1 Å². The largest absolute Gasteiger partial charge is 0.494 e. The van der Waals surface area contributed by atoms with Crippen molar-refractivity contribution in [3.05, 3.63) is 22.7 Å². The lowest BCUT2D eigenvalue weighted by Gasteiger charge is -2.25. The van der Waals surface area contributed by atoms with Crippen molar-refractivity contribution in [3.63, 3.8) is 0 Å². The first-order chi connectivity index (χ1) is 10.9. The van der Waals surface area contributed by atoms with Crippen molar-refractivity contribution < 1.29 is 21.6 Å². The fourth-order valence-electron chi connectivity index (χ4n) is 1.88. The van der Waals surface area contributed by atoms with Crippen molar-refractivity contribution in [2.45, 2.75) is 6.92 Å². The summed E-state index contributed by atoms with van der Waals surface area (Å²) < 4.78 is 57.3. The summed E-state index contributed by atoms with van der Waals surface area (Å²) in [4.78, 5) is 0. The number of aryl methyl sites for hydroxylation is 1. The van der Waals surface area contributed by atoms with E-state index in [1.165, 1.54) is 27.3 Å². The minimum absolute atomic E-state index is 0.0939. The Kier molecular flexibility index (Phi) is 6.88. The molecule has 0 atom stereocenters. The molecule has 0 saturated carbocycles. The first-order valence-electron chi connectivity index (χ1n) is 6.89. The van der Waals surface area contributed by atoms with Gasteiger partial charge in [-0.3, -0.25) is 4.31 Å². The molecule has 138 valence electrons. The van der Waals surface area contributed by atoms with Crippen LogP contribution in [0.1, 0.15) is 5.56 Å². The van der Waals surface area contributed by atoms with Crippen LogP contribution in [-0.2, 0) is 20.2 Å². The maximum absolute atomic E-state index is 12.1. The van der Waals surface area contributed by atoms with E-state index >= 15 is 0 Å². The first kappa shape index (κ1) is 21.0. The average molecular weight is 400 g/mol. The van der Waals surface area contributed by atoms with Crippen molar-refractivity contribution in [1.82, 2.24) is 9.03 Å². The van der Waals surface area contributed by atoms with Crippen LogP contribution in [0.25, 0.3) is 0 Å². The van der Waals surface area contributed by atoms with Crippen molar-refractivity contribution in [2.24, 2.45) is 0 Å². The predicted octanol–water partition coefficient (Wildman–Crippen LogP) is 0.819. The fraction of sp³-hybridized carbons (Fsp3) is 0.538. The van der Waals surface area contributed by atoms with Crippen LogP contribution in [0.15, 0.2) is 12.1 Å². The molecule has 0 heterocycles. The highest BCUT2D eigenvalue weighted by Crippen LogP contribution is 2.34. The molecule has 0 fully saturated rings. The second-order valence-electron chi connectivity index (χ2n) is 5.29. The lowest BCUT2D eigenvalue weighted by Crippen LogP contribution is -2.42. The molecule has 0 spiro atoms. The van der Waals surface area contributed by atoms with Crippen LogP contribution >= 0.6 is 11.6 Å². The summed E-state index contributed by atoms with van der Waals surface area (Å²) in [6, 6.07) is 3.11. The monoisotopic (exact) mass is 399 g/mol. The second-order valence-corrected chi connectivity index (χ2v) is 9.57. The molecule has 0 amide bonds. The SMILES string of the molecule is COc1cc(Cl)c(C)cc1N(CCNS(=O)(=O)N(C)C)S(C)(=O)=O. The molecule has 0 aliphatic carbocycles. The van der Waals surface area contributed by atoms with Gasteiger partial charge in [-0.1, -0.05) is 11.6 Å². The molecule has 0 unspecified atom stereocenters. The van der Waals surface area contributed by atoms with Gasteiger partial charge >= 0.3 is 0 Å². The zero-order valence-electron chi connectivity index (χ0n) is 14.2. The summed E-state index contributed by atoms with van der Waals surface area (Å²) in [7, 11) is -3.14. The van der Waals surface area contributed by atoms with Gasteiger partial charge in [0.25, 0.3) is 10.2 Å². The Labute approximate surface area is 148 Å². The molecule has 0 aromatic heterocycles. The molecule has 0 radical (unpaired) electrons. The molecule has 1 aromatic rings. The molecule has 0 bridgehead atoms. The van der Waals surface area contributed by atoms with Gasteiger partial charge < -0.3 is 4.74 Å². The molecular formula is C13H22ClN3O5S2. The zero-order chi connectivity index (χ0) is 18.7. The minimum Gasteiger partial charge on any atom is -0.494 e. The van der Waals surface area contributed by atoms with Crippen LogP contribution < -0.4 is 13.8 Å². The van der Waals surface area contributed by atoms with Gasteiger partial charge in [-0.25, -0.2) is 13.1 Å². The van der Waals surface area contributed by atoms with Crippen LogP contribution in [0.3, 0.4) is 0 Å². The Bertz CT molecular complexity index is 794. The summed E-state index contributed by atoms with van der Waals surface area (Å²) in [5, 5.41) is 0.442. The molecule has 8 nitrogen and oxygen atoms in total. The van der Waals surface area contributed by atoms with Gasteiger partial charge in [0.15, 0.2) is 0 Å². The van der Waals surface area contributed by atoms with E-state index in [0.29, 0.717) is 16.3 Å². The highest BCUT2D eigenvalue weighted by molar-refractivity contribution is 7.92. The van der Waals surface area contributed by atoms with Gasteiger partial charge in [-0.2, -0.15) is 12.7 Å². The normalized spacial score (nSPS) is 12.5. The van der Waals surface area contributed by atoms with E-state index in [4.69, 9.17) is 16.3 Å². The summed E-state index contributed by atoms with van der Waals surface area (Å²) in [6.07, 6.45) is 1.04. The molecule has 1 N–H and O–H groups in total. The van der Waals surface area contributed by atoms with Crippen LogP contribution in [-0.4, -0.2) is 61.7 Å². The van der Waals surface area contributed by atoms with Gasteiger partial charge in [0, 0.05) is 38.3 Å². The van der Waals surface area contributed by atoms with Crippen molar-refractivity contribution in [3.8, 4) is 5.75 Å². The quantitative estimate of drug-likeness (QED) is 0.698. The number of nitrogens with one attached hydrogen (secondary N) is 1. The number of nitrogens with zero attached hydrogens (tertiary/aromatic N) is 2. The minimum atomic E-state index is -3.66. The molecule has 1 rings (SSSR count). The molecule has 0 aliphatic rings.